The summed E-state index contributed by atoms with van der Waals surface area (Å²) in [6, 6.07) is 7.65. The van der Waals surface area contributed by atoms with Gasteiger partial charge in [-0.05, 0) is 17.9 Å². The lowest BCUT2D eigenvalue weighted by Crippen LogP contribution is -1.77. The first-order valence-corrected chi connectivity index (χ1v) is 5.69. The molecule has 0 N–H and O–H groups in total. The summed E-state index contributed by atoms with van der Waals surface area (Å²) in [4.78, 5) is 0. The molecule has 0 saturated carbocycles. The van der Waals surface area contributed by atoms with Crippen LogP contribution >= 0.6 is 23.4 Å². The Kier molecular flexibility index (Phi) is 4.82. The molecule has 13 heavy (non-hydrogen) atoms. The van der Waals surface area contributed by atoms with Crippen molar-refractivity contribution >= 4 is 23.4 Å². The van der Waals surface area contributed by atoms with Crippen LogP contribution in [0.5, 0.6) is 0 Å². The fourth-order valence-electron chi connectivity index (χ4n) is 0.847. The van der Waals surface area contributed by atoms with E-state index in [2.05, 4.69) is 18.8 Å². The summed E-state index contributed by atoms with van der Waals surface area (Å²) in [7, 11) is 0. The molecule has 0 aromatic heterocycles. The summed E-state index contributed by atoms with van der Waals surface area (Å²) in [5.41, 5.74) is 0.917. The Hall–Kier alpha value is -0.580. The topological polar surface area (TPSA) is 0 Å². The molecule has 0 atom stereocenters. The van der Waals surface area contributed by atoms with Crippen LogP contribution in [-0.2, 0) is 0 Å². The molecule has 0 saturated heterocycles. The lowest BCUT2D eigenvalue weighted by molar-refractivity contribution is 1.52. The van der Waals surface area contributed by atoms with Gasteiger partial charge in [0.2, 0.25) is 0 Å². The molecule has 0 aliphatic rings. The minimum Gasteiger partial charge on any atom is -0.149 e. The molecule has 0 aliphatic carbocycles. The van der Waals surface area contributed by atoms with Gasteiger partial charge in [0, 0.05) is 5.56 Å². The van der Waals surface area contributed by atoms with Crippen molar-refractivity contribution < 1.29 is 0 Å². The Morgan fingerprint density at radius 3 is 2.85 bits per heavy atom. The molecule has 0 spiro atoms. The molecule has 0 aliphatic heterocycles. The lowest BCUT2D eigenvalue weighted by Gasteiger charge is -1.92. The van der Waals surface area contributed by atoms with Crippen LogP contribution in [0.25, 0.3) is 0 Å². The van der Waals surface area contributed by atoms with E-state index in [1.165, 1.54) is 0 Å². The minimum atomic E-state index is 0.733. The molecule has 0 amide bonds. The van der Waals surface area contributed by atoms with Crippen molar-refractivity contribution in [3.63, 3.8) is 0 Å². The second-order valence-corrected chi connectivity index (χ2v) is 4.10. The zero-order valence-electron chi connectivity index (χ0n) is 7.51. The van der Waals surface area contributed by atoms with Crippen molar-refractivity contribution in [1.82, 2.24) is 0 Å². The van der Waals surface area contributed by atoms with Crippen LogP contribution in [0.2, 0.25) is 5.02 Å². The molecule has 1 rings (SSSR count). The van der Waals surface area contributed by atoms with E-state index in [9.17, 15) is 0 Å². The number of thioether (sulfide) groups is 1. The van der Waals surface area contributed by atoms with Gasteiger partial charge < -0.3 is 0 Å². The van der Waals surface area contributed by atoms with Gasteiger partial charge in [-0.3, -0.25) is 0 Å². The first-order valence-electron chi connectivity index (χ1n) is 4.15. The maximum Gasteiger partial charge on any atom is 0.0562 e. The van der Waals surface area contributed by atoms with Crippen molar-refractivity contribution in [2.75, 3.05) is 11.5 Å². The fraction of sp³-hybridized carbons (Fsp3) is 0.273. The van der Waals surface area contributed by atoms with Gasteiger partial charge in [0.05, 0.1) is 10.8 Å². The highest BCUT2D eigenvalue weighted by molar-refractivity contribution is 7.99. The summed E-state index contributed by atoms with van der Waals surface area (Å²) in [6.45, 7) is 2.13. The van der Waals surface area contributed by atoms with Gasteiger partial charge in [-0.15, -0.1) is 11.8 Å². The lowest BCUT2D eigenvalue weighted by atomic mass is 10.2. The van der Waals surface area contributed by atoms with Crippen molar-refractivity contribution in [3.8, 4) is 11.8 Å². The molecule has 2 heteroatoms. The van der Waals surface area contributed by atoms with Crippen molar-refractivity contribution in [1.29, 1.82) is 0 Å². The highest BCUT2D eigenvalue weighted by Gasteiger charge is 1.91. The van der Waals surface area contributed by atoms with Gasteiger partial charge in [-0.2, -0.15) is 0 Å². The number of halogens is 1. The van der Waals surface area contributed by atoms with Gasteiger partial charge in [-0.25, -0.2) is 0 Å². The monoisotopic (exact) mass is 210 g/mol. The summed E-state index contributed by atoms with van der Waals surface area (Å²) in [6.07, 6.45) is 0. The van der Waals surface area contributed by atoms with Crippen molar-refractivity contribution in [2.24, 2.45) is 0 Å². The molecule has 0 heterocycles. The van der Waals surface area contributed by atoms with Gasteiger partial charge in [0.15, 0.2) is 0 Å². The highest BCUT2D eigenvalue weighted by atomic mass is 35.5. The van der Waals surface area contributed by atoms with E-state index >= 15 is 0 Å². The van der Waals surface area contributed by atoms with Crippen LogP contribution in [-0.4, -0.2) is 11.5 Å². The van der Waals surface area contributed by atoms with Crippen LogP contribution in [0.4, 0.5) is 0 Å². The molecule has 1 aromatic rings. The number of benzene rings is 1. The molecule has 0 nitrogen and oxygen atoms in total. The first-order chi connectivity index (χ1) is 6.34. The summed E-state index contributed by atoms with van der Waals surface area (Å²) < 4.78 is 0. The standard InChI is InChI=1S/C11H11ClS/c1-2-13-9-5-7-10-6-3-4-8-11(10)12/h3-4,6,8H,2,9H2,1H3. The average Bonchev–Trinajstić information content (AvgIpc) is 2.15. The third kappa shape index (κ3) is 3.76. The molecule has 68 valence electrons. The molecule has 0 radical (unpaired) electrons. The van der Waals surface area contributed by atoms with E-state index in [0.29, 0.717) is 0 Å². The highest BCUT2D eigenvalue weighted by Crippen LogP contribution is 2.13. The molecule has 0 bridgehead atoms. The molecular weight excluding hydrogens is 200 g/mol. The van der Waals surface area contributed by atoms with Gasteiger partial charge in [-0.1, -0.05) is 42.5 Å². The number of hydrogen-bond acceptors (Lipinski definition) is 1. The first kappa shape index (κ1) is 10.5. The smallest absolute Gasteiger partial charge is 0.0562 e. The van der Waals surface area contributed by atoms with E-state index in [0.717, 1.165) is 22.1 Å². The van der Waals surface area contributed by atoms with Gasteiger partial charge in [0.1, 0.15) is 0 Å². The third-order valence-corrected chi connectivity index (χ3v) is 2.56. The van der Waals surface area contributed by atoms with E-state index in [-0.39, 0.29) is 0 Å². The van der Waals surface area contributed by atoms with E-state index < -0.39 is 0 Å². The minimum absolute atomic E-state index is 0.733. The van der Waals surface area contributed by atoms with Crippen molar-refractivity contribution in [2.45, 2.75) is 6.92 Å². The molecule has 1 aromatic carbocycles. The maximum atomic E-state index is 5.93. The zero-order chi connectivity index (χ0) is 9.52. The summed E-state index contributed by atoms with van der Waals surface area (Å²) in [5.74, 6) is 8.10. The molecule has 0 unspecified atom stereocenters. The Labute approximate surface area is 88.7 Å². The fourth-order valence-corrected chi connectivity index (χ4v) is 1.41. The largest absolute Gasteiger partial charge is 0.149 e. The predicted molar refractivity (Wildman–Crippen MR) is 61.3 cm³/mol. The Morgan fingerprint density at radius 1 is 1.38 bits per heavy atom. The quantitative estimate of drug-likeness (QED) is 0.532. The maximum absolute atomic E-state index is 5.93. The Bertz CT molecular complexity index is 322. The van der Waals surface area contributed by atoms with Crippen LogP contribution < -0.4 is 0 Å². The van der Waals surface area contributed by atoms with Gasteiger partial charge in [0.25, 0.3) is 0 Å². The number of hydrogen-bond donors (Lipinski definition) is 0. The van der Waals surface area contributed by atoms with Crippen LogP contribution in [0.1, 0.15) is 12.5 Å². The van der Waals surface area contributed by atoms with E-state index in [4.69, 9.17) is 11.6 Å². The average molecular weight is 211 g/mol. The molecular formula is C11H11ClS. The Balaban J connectivity index is 2.61. The summed E-state index contributed by atoms with van der Waals surface area (Å²) >= 11 is 7.74. The predicted octanol–water partition coefficient (Wildman–Crippen LogP) is 3.44. The van der Waals surface area contributed by atoms with Crippen LogP contribution in [0, 0.1) is 11.8 Å². The second-order valence-electron chi connectivity index (χ2n) is 2.42. The summed E-state index contributed by atoms with van der Waals surface area (Å²) in [5, 5.41) is 0.733. The second kappa shape index (κ2) is 5.96. The SMILES string of the molecule is CCSCC#Cc1ccccc1Cl. The van der Waals surface area contributed by atoms with Crippen LogP contribution in [0.3, 0.4) is 0 Å². The van der Waals surface area contributed by atoms with Crippen LogP contribution in [0.15, 0.2) is 24.3 Å². The molecule has 0 fully saturated rings. The Morgan fingerprint density at radius 2 is 2.15 bits per heavy atom. The number of rotatable bonds is 2. The third-order valence-electron chi connectivity index (χ3n) is 1.48. The van der Waals surface area contributed by atoms with Gasteiger partial charge >= 0.3 is 0 Å². The zero-order valence-corrected chi connectivity index (χ0v) is 9.08. The van der Waals surface area contributed by atoms with E-state index in [1.54, 1.807) is 0 Å². The van der Waals surface area contributed by atoms with E-state index in [1.807, 2.05) is 36.0 Å². The normalized spacial score (nSPS) is 9.08. The van der Waals surface area contributed by atoms with Crippen molar-refractivity contribution in [3.05, 3.63) is 34.9 Å².